The molecule has 0 radical (unpaired) electrons. The zero-order valence-corrected chi connectivity index (χ0v) is 35.3. The quantitative estimate of drug-likeness (QED) is 0.0203. The van der Waals surface area contributed by atoms with Crippen LogP contribution in [0.15, 0.2) is 48.6 Å². The number of carbonyl (C=O) groups excluding carboxylic acids is 2. The van der Waals surface area contributed by atoms with Gasteiger partial charge in [-0.15, -0.1) is 0 Å². The number of aliphatic hydroxyl groups is 3. The Labute approximate surface area is 333 Å². The van der Waals surface area contributed by atoms with Crippen LogP contribution in [0.4, 0.5) is 0 Å². The predicted octanol–water partition coefficient (Wildman–Crippen LogP) is 9.77. The average Bonchev–Trinajstić information content (AvgIpc) is 3.17. The monoisotopic (exact) mass is 801 g/mol. The minimum Gasteiger partial charge on any atom is -0.462 e. The highest BCUT2D eigenvalue weighted by Crippen LogP contribution is 2.43. The van der Waals surface area contributed by atoms with Crippen LogP contribution < -0.4 is 0 Å². The standard InChI is InChI=1S/C43H77O11P/c1-4-6-30-39(45)31-26-22-18-14-9-7-8-10-16-20-24-28-33-43(48)54-41(37-53-55(49,50)52-35-40(46)34-44)36-51-42(47)32-27-23-19-15-12-11-13-17-21-25-29-38(3)5-2/h7-8,14,16,18,20,26,31,38-41,44-46H,4-6,9-13,15,17,19,21-25,27-30,32-37H2,1-3H3,(H,49,50)/b8-7-,18-14-,20-16-,31-26-/t38?,39-,40+,41-/m1/s1. The maximum atomic E-state index is 12.6. The molecule has 0 aromatic rings. The van der Waals surface area contributed by atoms with Crippen molar-refractivity contribution in [2.45, 2.75) is 180 Å². The lowest BCUT2D eigenvalue weighted by Crippen LogP contribution is -2.29. The second-order valence-electron chi connectivity index (χ2n) is 14.4. The molecule has 0 rings (SSSR count). The summed E-state index contributed by atoms with van der Waals surface area (Å²) in [7, 11) is -4.64. The number of phosphoric ester groups is 1. The largest absolute Gasteiger partial charge is 0.472 e. The molecule has 0 saturated heterocycles. The Morgan fingerprint density at radius 1 is 0.655 bits per heavy atom. The summed E-state index contributed by atoms with van der Waals surface area (Å²) in [5.41, 5.74) is 0. The van der Waals surface area contributed by atoms with Crippen molar-refractivity contribution in [2.24, 2.45) is 5.92 Å². The van der Waals surface area contributed by atoms with Crippen molar-refractivity contribution in [3.05, 3.63) is 48.6 Å². The average molecular weight is 801 g/mol. The first-order chi connectivity index (χ1) is 26.5. The van der Waals surface area contributed by atoms with Gasteiger partial charge >= 0.3 is 19.8 Å². The van der Waals surface area contributed by atoms with E-state index in [1.165, 1.54) is 51.4 Å². The lowest BCUT2D eigenvalue weighted by atomic mass is 9.99. The van der Waals surface area contributed by atoms with E-state index in [1.54, 1.807) is 0 Å². The number of hydrogen-bond donors (Lipinski definition) is 4. The molecule has 11 nitrogen and oxygen atoms in total. The summed E-state index contributed by atoms with van der Waals surface area (Å²) in [6, 6.07) is 0. The topological polar surface area (TPSA) is 169 Å². The summed E-state index contributed by atoms with van der Waals surface area (Å²) in [5, 5.41) is 28.1. The van der Waals surface area contributed by atoms with Crippen molar-refractivity contribution in [1.29, 1.82) is 0 Å². The van der Waals surface area contributed by atoms with Gasteiger partial charge in [0.05, 0.1) is 25.9 Å². The lowest BCUT2D eigenvalue weighted by Gasteiger charge is -2.20. The summed E-state index contributed by atoms with van der Waals surface area (Å²) in [6.45, 7) is 4.47. The van der Waals surface area contributed by atoms with Gasteiger partial charge in [-0.05, 0) is 50.9 Å². The van der Waals surface area contributed by atoms with Gasteiger partial charge in [-0.25, -0.2) is 4.57 Å². The number of hydrogen-bond acceptors (Lipinski definition) is 10. The molecule has 0 spiro atoms. The predicted molar refractivity (Wildman–Crippen MR) is 220 cm³/mol. The Morgan fingerprint density at radius 2 is 1.20 bits per heavy atom. The summed E-state index contributed by atoms with van der Waals surface area (Å²) in [6.07, 6.45) is 34.2. The molecule has 4 N–H and O–H groups in total. The summed E-state index contributed by atoms with van der Waals surface area (Å²) in [4.78, 5) is 34.9. The van der Waals surface area contributed by atoms with E-state index >= 15 is 0 Å². The van der Waals surface area contributed by atoms with Gasteiger partial charge in [0.2, 0.25) is 0 Å². The van der Waals surface area contributed by atoms with E-state index in [9.17, 15) is 29.3 Å². The summed E-state index contributed by atoms with van der Waals surface area (Å²) in [5.74, 6) is -0.181. The van der Waals surface area contributed by atoms with Gasteiger partial charge in [-0.1, -0.05) is 153 Å². The molecule has 55 heavy (non-hydrogen) atoms. The SMILES string of the molecule is CCCC[C@@H](O)/C=C\C/C=C\C/C=C\C/C=C\CCCC(=O)O[C@H](COC(=O)CCCCCCCCCCCCC(C)CC)COP(=O)(O)OC[C@@H](O)CO. The molecule has 0 aliphatic carbocycles. The third-order valence-electron chi connectivity index (χ3n) is 9.10. The normalized spacial score (nSPS) is 15.5. The number of unbranched alkanes of at least 4 members (excludes halogenated alkanes) is 11. The fraction of sp³-hybridized carbons (Fsp3) is 0.767. The molecule has 320 valence electrons. The molecule has 2 unspecified atom stereocenters. The van der Waals surface area contributed by atoms with Gasteiger partial charge in [0, 0.05) is 12.8 Å². The first kappa shape index (κ1) is 52.9. The van der Waals surface area contributed by atoms with E-state index in [0.717, 1.165) is 63.7 Å². The smallest absolute Gasteiger partial charge is 0.462 e. The van der Waals surface area contributed by atoms with Crippen LogP contribution in [0.3, 0.4) is 0 Å². The van der Waals surface area contributed by atoms with Crippen LogP contribution in [0.2, 0.25) is 0 Å². The number of carbonyl (C=O) groups is 2. The molecular weight excluding hydrogens is 723 g/mol. The van der Waals surface area contributed by atoms with Crippen LogP contribution in [0.5, 0.6) is 0 Å². The highest BCUT2D eigenvalue weighted by atomic mass is 31.2. The summed E-state index contributed by atoms with van der Waals surface area (Å²) < 4.78 is 32.6. The summed E-state index contributed by atoms with van der Waals surface area (Å²) >= 11 is 0. The first-order valence-corrected chi connectivity index (χ1v) is 22.6. The maximum absolute atomic E-state index is 12.6. The van der Waals surface area contributed by atoms with Gasteiger partial charge in [-0.2, -0.15) is 0 Å². The molecule has 0 aromatic heterocycles. The molecule has 0 aliphatic rings. The Bertz CT molecular complexity index is 1090. The minimum atomic E-state index is -4.64. The molecule has 0 heterocycles. The van der Waals surface area contributed by atoms with Crippen LogP contribution >= 0.6 is 7.82 Å². The zero-order valence-electron chi connectivity index (χ0n) is 34.4. The second-order valence-corrected chi connectivity index (χ2v) is 15.9. The van der Waals surface area contributed by atoms with Gasteiger partial charge in [-0.3, -0.25) is 18.6 Å². The van der Waals surface area contributed by atoms with E-state index in [4.69, 9.17) is 19.1 Å². The van der Waals surface area contributed by atoms with Gasteiger partial charge in [0.25, 0.3) is 0 Å². The zero-order chi connectivity index (χ0) is 40.8. The van der Waals surface area contributed by atoms with Crippen LogP contribution in [-0.4, -0.2) is 76.9 Å². The highest BCUT2D eigenvalue weighted by Gasteiger charge is 2.27. The van der Waals surface area contributed by atoms with Gasteiger partial charge in [0.15, 0.2) is 6.10 Å². The maximum Gasteiger partial charge on any atom is 0.472 e. The molecule has 0 bridgehead atoms. The highest BCUT2D eigenvalue weighted by molar-refractivity contribution is 7.47. The van der Waals surface area contributed by atoms with Crippen LogP contribution in [0.25, 0.3) is 0 Å². The molecule has 5 atom stereocenters. The fourth-order valence-corrected chi connectivity index (χ4v) is 6.18. The van der Waals surface area contributed by atoms with E-state index in [1.807, 2.05) is 24.3 Å². The van der Waals surface area contributed by atoms with Crippen LogP contribution in [0, 0.1) is 5.92 Å². The first-order valence-electron chi connectivity index (χ1n) is 21.1. The Hall–Kier alpha value is -2.11. The number of esters is 2. The molecule has 0 aromatic carbocycles. The Morgan fingerprint density at radius 3 is 1.80 bits per heavy atom. The third kappa shape index (κ3) is 37.2. The molecule has 0 aliphatic heterocycles. The van der Waals surface area contributed by atoms with E-state index in [-0.39, 0.29) is 25.6 Å². The Balaban J connectivity index is 4.46. The van der Waals surface area contributed by atoms with Crippen molar-refractivity contribution >= 4 is 19.8 Å². The van der Waals surface area contributed by atoms with Crippen molar-refractivity contribution in [1.82, 2.24) is 0 Å². The lowest BCUT2D eigenvalue weighted by molar-refractivity contribution is -0.161. The number of phosphoric acid groups is 1. The van der Waals surface area contributed by atoms with Crippen molar-refractivity contribution in [3.63, 3.8) is 0 Å². The van der Waals surface area contributed by atoms with Gasteiger partial charge in [0.1, 0.15) is 12.7 Å². The van der Waals surface area contributed by atoms with E-state index in [0.29, 0.717) is 19.3 Å². The van der Waals surface area contributed by atoms with Crippen molar-refractivity contribution in [2.75, 3.05) is 26.4 Å². The van der Waals surface area contributed by atoms with Crippen molar-refractivity contribution < 1.29 is 52.9 Å². The number of allylic oxidation sites excluding steroid dienone is 7. The Kier molecular flexibility index (Phi) is 36.0. The van der Waals surface area contributed by atoms with Crippen LogP contribution in [-0.2, 0) is 32.7 Å². The minimum absolute atomic E-state index is 0.0910. The van der Waals surface area contributed by atoms with Crippen LogP contribution in [0.1, 0.15) is 162 Å². The number of aliphatic hydroxyl groups excluding tert-OH is 3. The third-order valence-corrected chi connectivity index (χ3v) is 10.0. The fourth-order valence-electron chi connectivity index (χ4n) is 5.39. The molecule has 12 heteroatoms. The molecule has 0 saturated carbocycles. The molecule has 0 amide bonds. The van der Waals surface area contributed by atoms with E-state index in [2.05, 4.69) is 49.6 Å². The number of ether oxygens (including phenoxy) is 2. The molecule has 0 fully saturated rings. The molecular formula is C43H77O11P. The van der Waals surface area contributed by atoms with E-state index < -0.39 is 51.8 Å². The van der Waals surface area contributed by atoms with Crippen molar-refractivity contribution in [3.8, 4) is 0 Å². The van der Waals surface area contributed by atoms with Gasteiger partial charge < -0.3 is 29.7 Å². The number of rotatable bonds is 38. The second kappa shape index (κ2) is 37.5.